The van der Waals surface area contributed by atoms with Gasteiger partial charge in [0.05, 0.1) is 6.54 Å². The summed E-state index contributed by atoms with van der Waals surface area (Å²) >= 11 is 0. The van der Waals surface area contributed by atoms with E-state index in [1.54, 1.807) is 0 Å². The lowest BCUT2D eigenvalue weighted by atomic mass is 10.0. The van der Waals surface area contributed by atoms with Crippen molar-refractivity contribution < 1.29 is 9.53 Å². The number of hydrogen-bond acceptors (Lipinski definition) is 2. The first-order valence-electron chi connectivity index (χ1n) is 8.30. The van der Waals surface area contributed by atoms with Crippen molar-refractivity contribution in [1.29, 1.82) is 0 Å². The number of benzene rings is 2. The molecular weight excluding hydrogens is 300 g/mol. The summed E-state index contributed by atoms with van der Waals surface area (Å²) in [7, 11) is 0. The lowest BCUT2D eigenvalue weighted by Crippen LogP contribution is -2.32. The highest BCUT2D eigenvalue weighted by Gasteiger charge is 2.03. The van der Waals surface area contributed by atoms with Crippen LogP contribution in [-0.2, 0) is 0 Å². The van der Waals surface area contributed by atoms with Crippen LogP contribution >= 0.6 is 0 Å². The van der Waals surface area contributed by atoms with E-state index in [4.69, 9.17) is 4.74 Å². The maximum absolute atomic E-state index is 11.9. The molecule has 2 aromatic carbocycles. The molecule has 24 heavy (non-hydrogen) atoms. The number of amides is 2. The average Bonchev–Trinajstić information content (AvgIpc) is 2.51. The van der Waals surface area contributed by atoms with E-state index < -0.39 is 0 Å². The van der Waals surface area contributed by atoms with Crippen LogP contribution in [0.3, 0.4) is 0 Å². The first-order valence-corrected chi connectivity index (χ1v) is 8.30. The second-order valence-corrected chi connectivity index (χ2v) is 6.33. The normalized spacial score (nSPS) is 10.5. The molecule has 0 heterocycles. The number of carbonyl (C=O) groups is 1. The molecule has 0 atom stereocenters. The Kier molecular flexibility index (Phi) is 6.24. The minimum Gasteiger partial charge on any atom is -0.492 e. The van der Waals surface area contributed by atoms with E-state index in [-0.39, 0.29) is 6.03 Å². The monoisotopic (exact) mass is 326 g/mol. The molecule has 0 radical (unpaired) electrons. The van der Waals surface area contributed by atoms with Gasteiger partial charge >= 0.3 is 6.03 Å². The molecule has 0 fully saturated rings. The van der Waals surface area contributed by atoms with Gasteiger partial charge in [-0.2, -0.15) is 0 Å². The van der Waals surface area contributed by atoms with Crippen LogP contribution in [0.1, 0.15) is 36.5 Å². The largest absolute Gasteiger partial charge is 0.492 e. The molecule has 0 spiro atoms. The Morgan fingerprint density at radius 1 is 1.04 bits per heavy atom. The van der Waals surface area contributed by atoms with Gasteiger partial charge < -0.3 is 15.4 Å². The maximum Gasteiger partial charge on any atom is 0.319 e. The van der Waals surface area contributed by atoms with Crippen molar-refractivity contribution in [1.82, 2.24) is 5.32 Å². The summed E-state index contributed by atoms with van der Waals surface area (Å²) in [5.74, 6) is 1.31. The number of rotatable bonds is 6. The minimum atomic E-state index is -0.226. The standard InChI is InChI=1S/C20H26N2O2/c1-14(2)17-5-7-18(8-6-17)22-20(23)21-9-10-24-19-12-15(3)11-16(4)13-19/h5-8,11-14H,9-10H2,1-4H3,(H2,21,22,23). The third kappa shape index (κ3) is 5.61. The van der Waals surface area contributed by atoms with Crippen LogP contribution in [0.25, 0.3) is 0 Å². The highest BCUT2D eigenvalue weighted by atomic mass is 16.5. The Balaban J connectivity index is 1.73. The van der Waals surface area contributed by atoms with Crippen LogP contribution in [-0.4, -0.2) is 19.2 Å². The number of urea groups is 1. The fourth-order valence-electron chi connectivity index (χ4n) is 2.48. The molecule has 2 N–H and O–H groups in total. The summed E-state index contributed by atoms with van der Waals surface area (Å²) in [4.78, 5) is 11.9. The third-order valence-corrected chi connectivity index (χ3v) is 3.69. The summed E-state index contributed by atoms with van der Waals surface area (Å²) in [6, 6.07) is 13.8. The highest BCUT2D eigenvalue weighted by Crippen LogP contribution is 2.17. The molecule has 4 nitrogen and oxygen atoms in total. The smallest absolute Gasteiger partial charge is 0.319 e. The van der Waals surface area contributed by atoms with E-state index in [2.05, 4.69) is 30.5 Å². The fourth-order valence-corrected chi connectivity index (χ4v) is 2.48. The van der Waals surface area contributed by atoms with Crippen LogP contribution in [0, 0.1) is 13.8 Å². The van der Waals surface area contributed by atoms with E-state index in [1.165, 1.54) is 16.7 Å². The zero-order valence-corrected chi connectivity index (χ0v) is 14.8. The second-order valence-electron chi connectivity index (χ2n) is 6.33. The summed E-state index contributed by atoms with van der Waals surface area (Å²) in [6.45, 7) is 9.24. The number of anilines is 1. The Morgan fingerprint density at radius 2 is 1.67 bits per heavy atom. The SMILES string of the molecule is Cc1cc(C)cc(OCCNC(=O)Nc2ccc(C(C)C)cc2)c1. The van der Waals surface area contributed by atoms with E-state index >= 15 is 0 Å². The van der Waals surface area contributed by atoms with Crippen molar-refractivity contribution in [3.63, 3.8) is 0 Å². The fraction of sp³-hybridized carbons (Fsp3) is 0.350. The number of nitrogens with one attached hydrogen (secondary N) is 2. The van der Waals surface area contributed by atoms with Gasteiger partial charge in [0.2, 0.25) is 0 Å². The van der Waals surface area contributed by atoms with Crippen molar-refractivity contribution in [2.45, 2.75) is 33.6 Å². The van der Waals surface area contributed by atoms with Crippen LogP contribution in [0.15, 0.2) is 42.5 Å². The number of aryl methyl sites for hydroxylation is 2. The summed E-state index contributed by atoms with van der Waals surface area (Å²) in [6.07, 6.45) is 0. The summed E-state index contributed by atoms with van der Waals surface area (Å²) in [5.41, 5.74) is 4.37. The van der Waals surface area contributed by atoms with Crippen molar-refractivity contribution in [3.8, 4) is 5.75 Å². The van der Waals surface area contributed by atoms with Gasteiger partial charge in [-0.1, -0.05) is 32.0 Å². The van der Waals surface area contributed by atoms with Gasteiger partial charge in [0.1, 0.15) is 12.4 Å². The first kappa shape index (κ1) is 17.9. The zero-order valence-electron chi connectivity index (χ0n) is 14.8. The average molecular weight is 326 g/mol. The van der Waals surface area contributed by atoms with Crippen molar-refractivity contribution in [2.75, 3.05) is 18.5 Å². The Hall–Kier alpha value is -2.49. The van der Waals surface area contributed by atoms with E-state index in [0.29, 0.717) is 19.1 Å². The number of ether oxygens (including phenoxy) is 1. The molecule has 0 aromatic heterocycles. The molecule has 0 saturated carbocycles. The van der Waals surface area contributed by atoms with Gasteiger partial charge in [-0.15, -0.1) is 0 Å². The van der Waals surface area contributed by atoms with Gasteiger partial charge in [-0.3, -0.25) is 0 Å². The molecule has 2 rings (SSSR count). The van der Waals surface area contributed by atoms with Gasteiger partial charge in [0.15, 0.2) is 0 Å². The molecule has 0 aliphatic rings. The summed E-state index contributed by atoms with van der Waals surface area (Å²) in [5, 5.41) is 5.61. The Labute approximate surface area is 144 Å². The predicted octanol–water partition coefficient (Wildman–Crippen LogP) is 4.63. The van der Waals surface area contributed by atoms with Crippen molar-refractivity contribution >= 4 is 11.7 Å². The van der Waals surface area contributed by atoms with E-state index in [0.717, 1.165) is 11.4 Å². The lowest BCUT2D eigenvalue weighted by molar-refractivity contribution is 0.247. The van der Waals surface area contributed by atoms with Crippen LogP contribution in [0.2, 0.25) is 0 Å². The predicted molar refractivity (Wildman–Crippen MR) is 99.0 cm³/mol. The molecule has 128 valence electrons. The third-order valence-electron chi connectivity index (χ3n) is 3.69. The number of hydrogen-bond donors (Lipinski definition) is 2. The molecule has 0 aliphatic heterocycles. The molecule has 0 aliphatic carbocycles. The Morgan fingerprint density at radius 3 is 2.25 bits per heavy atom. The quantitative estimate of drug-likeness (QED) is 0.761. The maximum atomic E-state index is 11.9. The highest BCUT2D eigenvalue weighted by molar-refractivity contribution is 5.89. The van der Waals surface area contributed by atoms with Crippen LogP contribution in [0.4, 0.5) is 10.5 Å². The second kappa shape index (κ2) is 8.39. The Bertz CT molecular complexity index is 658. The summed E-state index contributed by atoms with van der Waals surface area (Å²) < 4.78 is 5.67. The molecule has 2 amide bonds. The topological polar surface area (TPSA) is 50.4 Å². The van der Waals surface area contributed by atoms with Gasteiger partial charge in [0, 0.05) is 5.69 Å². The zero-order chi connectivity index (χ0) is 17.5. The lowest BCUT2D eigenvalue weighted by Gasteiger charge is -2.11. The number of carbonyl (C=O) groups excluding carboxylic acids is 1. The van der Waals surface area contributed by atoms with E-state index in [9.17, 15) is 4.79 Å². The molecule has 4 heteroatoms. The first-order chi connectivity index (χ1) is 11.4. The van der Waals surface area contributed by atoms with Gasteiger partial charge in [-0.25, -0.2) is 4.79 Å². The minimum absolute atomic E-state index is 0.226. The van der Waals surface area contributed by atoms with E-state index in [1.807, 2.05) is 50.2 Å². The molecule has 0 saturated heterocycles. The van der Waals surface area contributed by atoms with Crippen LogP contribution < -0.4 is 15.4 Å². The molecule has 2 aromatic rings. The van der Waals surface area contributed by atoms with Crippen molar-refractivity contribution in [3.05, 3.63) is 59.2 Å². The van der Waals surface area contributed by atoms with Crippen LogP contribution in [0.5, 0.6) is 5.75 Å². The molecule has 0 unspecified atom stereocenters. The van der Waals surface area contributed by atoms with Crippen molar-refractivity contribution in [2.24, 2.45) is 0 Å². The van der Waals surface area contributed by atoms with Gasteiger partial charge in [0.25, 0.3) is 0 Å². The molecule has 0 bridgehead atoms. The molecular formula is C20H26N2O2. The van der Waals surface area contributed by atoms with Gasteiger partial charge in [-0.05, 0) is 60.7 Å².